The fourth-order valence-corrected chi connectivity index (χ4v) is 7.70. The maximum atomic E-state index is 13.2. The van der Waals surface area contributed by atoms with Crippen LogP contribution in [-0.4, -0.2) is 26.2 Å². The minimum Gasteiger partial charge on any atom is -0.465 e. The fourth-order valence-electron chi connectivity index (χ4n) is 6.37. The van der Waals surface area contributed by atoms with E-state index in [1.165, 1.54) is 14.2 Å². The number of carbonyl (C=O) groups is 2. The molecule has 0 bridgehead atoms. The molecule has 10 heteroatoms. The van der Waals surface area contributed by atoms with Crippen molar-refractivity contribution in [3.63, 3.8) is 0 Å². The largest absolute Gasteiger partial charge is 0.465 e. The second-order valence-electron chi connectivity index (χ2n) is 14.7. The van der Waals surface area contributed by atoms with Gasteiger partial charge in [0.05, 0.1) is 14.2 Å². The van der Waals surface area contributed by atoms with Crippen LogP contribution in [0, 0.1) is 0 Å². The third-order valence-corrected chi connectivity index (χ3v) is 10.6. The molecule has 0 aliphatic carbocycles. The Kier molecular flexibility index (Phi) is 14.4. The summed E-state index contributed by atoms with van der Waals surface area (Å²) in [4.78, 5) is 26.4. The van der Waals surface area contributed by atoms with Crippen molar-refractivity contribution in [1.82, 2.24) is 0 Å². The molecule has 0 aromatic heterocycles. The van der Waals surface area contributed by atoms with E-state index in [4.69, 9.17) is 27.6 Å². The lowest BCUT2D eigenvalue weighted by Crippen LogP contribution is -2.23. The number of hydrogen-bond acceptors (Lipinski definition) is 8. The molecule has 0 radical (unpaired) electrons. The van der Waals surface area contributed by atoms with Gasteiger partial charge in [0, 0.05) is 16.5 Å². The highest BCUT2D eigenvalue weighted by Gasteiger charge is 2.35. The van der Waals surface area contributed by atoms with Crippen LogP contribution in [0.4, 0.5) is 0 Å². The summed E-state index contributed by atoms with van der Waals surface area (Å²) in [5.41, 5.74) is 5.26. The first-order valence-electron chi connectivity index (χ1n) is 18.0. The summed E-state index contributed by atoms with van der Waals surface area (Å²) in [6.45, 7) is 21.0. The van der Waals surface area contributed by atoms with Crippen molar-refractivity contribution in [3.05, 3.63) is 117 Å². The number of ether oxygens (including phenoxy) is 2. The molecular formula is C43H54O8P2. The Balaban J connectivity index is 1.79. The van der Waals surface area contributed by atoms with Gasteiger partial charge in [0.1, 0.15) is 34.1 Å². The van der Waals surface area contributed by atoms with Gasteiger partial charge in [0.15, 0.2) is 0 Å². The molecule has 0 aliphatic heterocycles. The van der Waals surface area contributed by atoms with Crippen molar-refractivity contribution in [1.29, 1.82) is 0 Å². The first-order valence-corrected chi connectivity index (χ1v) is 19.6. The zero-order chi connectivity index (χ0) is 39.0. The zero-order valence-electron chi connectivity index (χ0n) is 33.0. The monoisotopic (exact) mass is 760 g/mol. The lowest BCUT2D eigenvalue weighted by Gasteiger charge is -2.31. The summed E-state index contributed by atoms with van der Waals surface area (Å²) in [5, 5.41) is 0. The van der Waals surface area contributed by atoms with Gasteiger partial charge in [0.25, 0.3) is 18.1 Å². The van der Waals surface area contributed by atoms with Crippen molar-refractivity contribution < 1.29 is 37.2 Å². The van der Waals surface area contributed by atoms with E-state index in [2.05, 4.69) is 91.8 Å². The van der Waals surface area contributed by atoms with Crippen molar-refractivity contribution in [2.24, 2.45) is 0 Å². The van der Waals surface area contributed by atoms with Gasteiger partial charge in [-0.3, -0.25) is 0 Å². The highest BCUT2D eigenvalue weighted by atomic mass is 31.1. The Morgan fingerprint density at radius 2 is 0.755 bits per heavy atom. The lowest BCUT2D eigenvalue weighted by molar-refractivity contribution is 0.0589. The predicted octanol–water partition coefficient (Wildman–Crippen LogP) is 12.0. The number of benzene rings is 4. The lowest BCUT2D eigenvalue weighted by atomic mass is 9.76. The van der Waals surface area contributed by atoms with Gasteiger partial charge < -0.3 is 27.6 Å². The molecule has 284 valence electrons. The van der Waals surface area contributed by atoms with Crippen LogP contribution < -0.4 is 18.1 Å². The minimum atomic E-state index is -0.883. The molecule has 2 atom stereocenters. The molecule has 0 fully saturated rings. The summed E-state index contributed by atoms with van der Waals surface area (Å²) >= 11 is 0. The molecular weight excluding hydrogens is 706 g/mol. The number of methoxy groups -OCH3 is 2. The van der Waals surface area contributed by atoms with Crippen LogP contribution in [0.1, 0.15) is 147 Å². The number of hydrogen-bond donors (Lipinski definition) is 0. The zero-order valence-corrected chi connectivity index (χ0v) is 35.0. The molecule has 53 heavy (non-hydrogen) atoms. The first kappa shape index (κ1) is 41.6. The summed E-state index contributed by atoms with van der Waals surface area (Å²) in [7, 11) is 1.73. The average molecular weight is 761 g/mol. The molecule has 2 unspecified atom stereocenters. The minimum absolute atomic E-state index is 0.228. The van der Waals surface area contributed by atoms with Gasteiger partial charge in [-0.05, 0) is 58.1 Å². The van der Waals surface area contributed by atoms with E-state index in [0.29, 0.717) is 22.6 Å². The van der Waals surface area contributed by atoms with Crippen LogP contribution in [0.2, 0.25) is 0 Å². The number of esters is 2. The fraction of sp³-hybridized carbons (Fsp3) is 0.395. The van der Waals surface area contributed by atoms with Gasteiger partial charge in [-0.1, -0.05) is 130 Å². The van der Waals surface area contributed by atoms with Gasteiger partial charge in [-0.25, -0.2) is 9.59 Å². The van der Waals surface area contributed by atoms with Crippen LogP contribution in [0.5, 0.6) is 23.0 Å². The third kappa shape index (κ3) is 9.34. The Morgan fingerprint density at radius 3 is 1.04 bits per heavy atom. The predicted molar refractivity (Wildman–Crippen MR) is 216 cm³/mol. The molecule has 0 saturated carbocycles. The standard InChI is InChI=1S/C43H54O8P2/c1-25(2)29-17-13-18-30(26(3)4)37(29)48-52-50-39-33(41(44)46-11)21-15-23-35(39)43(9,10)36-24-16-22-34(42(45)47-12)40(36)51-53-49-38-31(27(5)6)19-14-20-32(38)28(7)8/h13-28,52-53H,1-12H3. The van der Waals surface area contributed by atoms with E-state index in [9.17, 15) is 9.59 Å². The van der Waals surface area contributed by atoms with Crippen LogP contribution >= 0.6 is 18.1 Å². The molecule has 8 nitrogen and oxygen atoms in total. The maximum absolute atomic E-state index is 13.2. The van der Waals surface area contributed by atoms with Crippen LogP contribution in [0.25, 0.3) is 0 Å². The molecule has 4 rings (SSSR count). The molecule has 4 aromatic carbocycles. The van der Waals surface area contributed by atoms with Gasteiger partial charge in [-0.2, -0.15) is 0 Å². The molecule has 0 saturated heterocycles. The average Bonchev–Trinajstić information content (AvgIpc) is 3.13. The first-order chi connectivity index (χ1) is 25.1. The second-order valence-corrected chi connectivity index (χ2v) is 15.8. The van der Waals surface area contributed by atoms with E-state index < -0.39 is 35.4 Å². The Labute approximate surface area is 319 Å². The van der Waals surface area contributed by atoms with Crippen molar-refractivity contribution >= 4 is 30.0 Å². The molecule has 0 heterocycles. The highest BCUT2D eigenvalue weighted by molar-refractivity contribution is 7.27. The van der Waals surface area contributed by atoms with Crippen LogP contribution in [0.15, 0.2) is 72.8 Å². The maximum Gasteiger partial charge on any atom is 0.341 e. The van der Waals surface area contributed by atoms with Crippen molar-refractivity contribution in [2.45, 2.75) is 98.3 Å². The van der Waals surface area contributed by atoms with Crippen LogP contribution in [0.3, 0.4) is 0 Å². The van der Waals surface area contributed by atoms with Gasteiger partial charge in [0.2, 0.25) is 0 Å². The normalized spacial score (nSPS) is 12.1. The topological polar surface area (TPSA) is 89.5 Å². The molecule has 0 amide bonds. The molecule has 4 aromatic rings. The smallest absolute Gasteiger partial charge is 0.341 e. The van der Waals surface area contributed by atoms with E-state index in [0.717, 1.165) is 33.8 Å². The summed E-state index contributed by atoms with van der Waals surface area (Å²) < 4.78 is 36.2. The Hall–Kier alpha value is -4.12. The van der Waals surface area contributed by atoms with E-state index in [-0.39, 0.29) is 34.8 Å². The van der Waals surface area contributed by atoms with Crippen LogP contribution in [-0.2, 0) is 14.9 Å². The van der Waals surface area contributed by atoms with Gasteiger partial charge in [-0.15, -0.1) is 0 Å². The summed E-state index contributed by atoms with van der Waals surface area (Å²) in [6.07, 6.45) is 0. The van der Waals surface area contributed by atoms with E-state index in [1.807, 2.05) is 26.0 Å². The highest BCUT2D eigenvalue weighted by Crippen LogP contribution is 2.48. The van der Waals surface area contributed by atoms with E-state index >= 15 is 0 Å². The number of rotatable bonds is 16. The summed E-state index contributed by atoms with van der Waals surface area (Å²) in [5.74, 6) is 2.02. The quantitative estimate of drug-likeness (QED) is 0.0824. The van der Waals surface area contributed by atoms with Gasteiger partial charge >= 0.3 is 11.9 Å². The van der Waals surface area contributed by atoms with E-state index in [1.54, 1.807) is 24.3 Å². The molecule has 0 spiro atoms. The Morgan fingerprint density at radius 1 is 0.472 bits per heavy atom. The number of para-hydroxylation sites is 4. The van der Waals surface area contributed by atoms with Crippen molar-refractivity contribution in [2.75, 3.05) is 14.2 Å². The molecule has 0 aliphatic rings. The third-order valence-electron chi connectivity index (χ3n) is 9.40. The number of carbonyl (C=O) groups excluding carboxylic acids is 2. The second kappa shape index (κ2) is 18.3. The Bertz CT molecular complexity index is 1710. The SMILES string of the molecule is COC(=O)c1cccc(C(C)(C)c2cccc(C(=O)OC)c2OPOc2c(C(C)C)cccc2C(C)C)c1OPOc1c(C(C)C)cccc1C(C)C. The summed E-state index contributed by atoms with van der Waals surface area (Å²) in [6, 6.07) is 23.1. The van der Waals surface area contributed by atoms with Crippen molar-refractivity contribution in [3.8, 4) is 23.0 Å². The molecule has 0 N–H and O–H groups in total.